The Morgan fingerprint density at radius 1 is 1.21 bits per heavy atom. The molecule has 1 N–H and O–H groups in total. The lowest BCUT2D eigenvalue weighted by atomic mass is 9.91. The summed E-state index contributed by atoms with van der Waals surface area (Å²) >= 11 is 2.21. The molecule has 0 aliphatic rings. The molecular formula is C15H19IO3. The van der Waals surface area contributed by atoms with Gasteiger partial charge in [-0.3, -0.25) is 9.59 Å². The van der Waals surface area contributed by atoms with Crippen LogP contribution in [0.15, 0.2) is 24.3 Å². The predicted molar refractivity (Wildman–Crippen MR) is 83.1 cm³/mol. The molecule has 0 bridgehead atoms. The fourth-order valence-corrected chi connectivity index (χ4v) is 2.38. The van der Waals surface area contributed by atoms with E-state index in [0.717, 1.165) is 9.13 Å². The number of carboxylic acid groups (broad SMARTS) is 1. The van der Waals surface area contributed by atoms with E-state index in [0.29, 0.717) is 12.8 Å². The van der Waals surface area contributed by atoms with E-state index in [1.807, 2.05) is 38.1 Å². The Balaban J connectivity index is 2.57. The summed E-state index contributed by atoms with van der Waals surface area (Å²) < 4.78 is 1.12. The molecule has 3 nitrogen and oxygen atoms in total. The summed E-state index contributed by atoms with van der Waals surface area (Å²) in [5.41, 5.74) is 0.944. The van der Waals surface area contributed by atoms with Gasteiger partial charge in [-0.2, -0.15) is 0 Å². The van der Waals surface area contributed by atoms with Gasteiger partial charge in [-0.05, 0) is 52.6 Å². The number of benzene rings is 1. The zero-order valence-corrected chi connectivity index (χ0v) is 13.4. The number of carbonyl (C=O) groups excluding carboxylic acids is 1. The molecule has 1 rings (SSSR count). The number of carbonyl (C=O) groups is 2. The quantitative estimate of drug-likeness (QED) is 0.743. The molecular weight excluding hydrogens is 355 g/mol. The van der Waals surface area contributed by atoms with Crippen molar-refractivity contribution in [2.24, 2.45) is 11.8 Å². The van der Waals surface area contributed by atoms with Crippen molar-refractivity contribution in [3.63, 3.8) is 0 Å². The third-order valence-corrected chi connectivity index (χ3v) is 3.61. The normalized spacial score (nSPS) is 12.4. The third kappa shape index (κ3) is 6.18. The van der Waals surface area contributed by atoms with Crippen molar-refractivity contribution in [3.05, 3.63) is 33.4 Å². The number of halogens is 1. The van der Waals surface area contributed by atoms with Crippen molar-refractivity contribution in [2.45, 2.75) is 33.1 Å². The second kappa shape index (κ2) is 7.62. The average Bonchev–Trinajstić information content (AvgIpc) is 2.30. The molecule has 0 unspecified atom stereocenters. The molecule has 1 atom stereocenters. The molecule has 0 amide bonds. The third-order valence-electron chi connectivity index (χ3n) is 2.89. The van der Waals surface area contributed by atoms with Gasteiger partial charge in [0.25, 0.3) is 0 Å². The largest absolute Gasteiger partial charge is 0.481 e. The van der Waals surface area contributed by atoms with Gasteiger partial charge < -0.3 is 5.11 Å². The summed E-state index contributed by atoms with van der Waals surface area (Å²) in [5.74, 6) is -1.15. The van der Waals surface area contributed by atoms with E-state index < -0.39 is 11.9 Å². The van der Waals surface area contributed by atoms with Crippen LogP contribution in [0, 0.1) is 15.4 Å². The van der Waals surface area contributed by atoms with Crippen molar-refractivity contribution >= 4 is 34.3 Å². The van der Waals surface area contributed by atoms with Gasteiger partial charge in [0.1, 0.15) is 5.78 Å². The van der Waals surface area contributed by atoms with Crippen LogP contribution in [0.1, 0.15) is 32.3 Å². The average molecular weight is 374 g/mol. The molecule has 0 aliphatic heterocycles. The maximum atomic E-state index is 11.9. The molecule has 4 heteroatoms. The lowest BCUT2D eigenvalue weighted by molar-refractivity contribution is -0.144. The highest BCUT2D eigenvalue weighted by Crippen LogP contribution is 2.17. The molecule has 1 aromatic carbocycles. The first-order valence-corrected chi connectivity index (χ1v) is 7.45. The number of carboxylic acids is 1. The minimum Gasteiger partial charge on any atom is -0.481 e. The minimum absolute atomic E-state index is 0.00532. The summed E-state index contributed by atoms with van der Waals surface area (Å²) in [6.07, 6.45) is 0.992. The van der Waals surface area contributed by atoms with Gasteiger partial charge >= 0.3 is 5.97 Å². The smallest absolute Gasteiger partial charge is 0.306 e. The van der Waals surface area contributed by atoms with Crippen LogP contribution in [0.5, 0.6) is 0 Å². The zero-order valence-electron chi connectivity index (χ0n) is 11.2. The van der Waals surface area contributed by atoms with E-state index in [-0.39, 0.29) is 18.1 Å². The van der Waals surface area contributed by atoms with Crippen LogP contribution < -0.4 is 0 Å². The summed E-state index contributed by atoms with van der Waals surface area (Å²) in [6.45, 7) is 3.94. The number of aliphatic carboxylic acids is 1. The second-order valence-corrected chi connectivity index (χ2v) is 6.46. The van der Waals surface area contributed by atoms with Gasteiger partial charge in [-0.25, -0.2) is 0 Å². The highest BCUT2D eigenvalue weighted by atomic mass is 127. The molecule has 1 aromatic rings. The lowest BCUT2D eigenvalue weighted by Gasteiger charge is -2.13. The van der Waals surface area contributed by atoms with Crippen LogP contribution in [0.4, 0.5) is 0 Å². The number of hydrogen-bond acceptors (Lipinski definition) is 2. The molecule has 0 heterocycles. The monoisotopic (exact) mass is 374 g/mol. The second-order valence-electron chi connectivity index (χ2n) is 5.21. The van der Waals surface area contributed by atoms with Crippen LogP contribution in [0.25, 0.3) is 0 Å². The minimum atomic E-state index is -0.871. The van der Waals surface area contributed by atoms with Crippen LogP contribution in [-0.2, 0) is 16.0 Å². The van der Waals surface area contributed by atoms with Crippen molar-refractivity contribution < 1.29 is 14.7 Å². The first-order chi connectivity index (χ1) is 8.88. The van der Waals surface area contributed by atoms with E-state index in [4.69, 9.17) is 5.11 Å². The Morgan fingerprint density at radius 3 is 2.26 bits per heavy atom. The first kappa shape index (κ1) is 16.1. The van der Waals surface area contributed by atoms with Gasteiger partial charge in [-0.1, -0.05) is 26.0 Å². The van der Waals surface area contributed by atoms with E-state index in [1.165, 1.54) is 0 Å². The van der Waals surface area contributed by atoms with E-state index in [2.05, 4.69) is 22.6 Å². The van der Waals surface area contributed by atoms with Crippen LogP contribution in [-0.4, -0.2) is 16.9 Å². The Hall–Kier alpha value is -0.910. The molecule has 104 valence electrons. The molecule has 0 saturated carbocycles. The number of ketones is 1. The van der Waals surface area contributed by atoms with Crippen LogP contribution in [0.2, 0.25) is 0 Å². The number of hydrogen-bond donors (Lipinski definition) is 1. The van der Waals surface area contributed by atoms with Crippen molar-refractivity contribution in [2.75, 3.05) is 0 Å². The highest BCUT2D eigenvalue weighted by molar-refractivity contribution is 14.1. The molecule has 0 spiro atoms. The predicted octanol–water partition coefficient (Wildman–Crippen LogP) is 3.54. The first-order valence-electron chi connectivity index (χ1n) is 6.37. The Bertz CT molecular complexity index is 437. The van der Waals surface area contributed by atoms with Gasteiger partial charge in [-0.15, -0.1) is 0 Å². The SMILES string of the molecule is CC(C)C[C@H](CC(=O)Cc1ccc(I)cc1)C(=O)O. The topological polar surface area (TPSA) is 54.4 Å². The van der Waals surface area contributed by atoms with Crippen molar-refractivity contribution in [1.29, 1.82) is 0 Å². The van der Waals surface area contributed by atoms with Crippen molar-refractivity contribution in [3.8, 4) is 0 Å². The van der Waals surface area contributed by atoms with Gasteiger partial charge in [0.2, 0.25) is 0 Å². The van der Waals surface area contributed by atoms with Crippen LogP contribution >= 0.6 is 22.6 Å². The molecule has 19 heavy (non-hydrogen) atoms. The van der Waals surface area contributed by atoms with Gasteiger partial charge in [0, 0.05) is 16.4 Å². The maximum Gasteiger partial charge on any atom is 0.306 e. The summed E-state index contributed by atoms with van der Waals surface area (Å²) in [5, 5.41) is 9.12. The molecule has 0 saturated heterocycles. The fraction of sp³-hybridized carbons (Fsp3) is 0.467. The Labute approximate surface area is 127 Å². The molecule has 0 radical (unpaired) electrons. The Kier molecular flexibility index (Phi) is 6.48. The highest BCUT2D eigenvalue weighted by Gasteiger charge is 2.22. The molecule has 0 aliphatic carbocycles. The lowest BCUT2D eigenvalue weighted by Crippen LogP contribution is -2.20. The van der Waals surface area contributed by atoms with E-state index >= 15 is 0 Å². The Morgan fingerprint density at radius 2 is 1.79 bits per heavy atom. The van der Waals surface area contributed by atoms with Crippen LogP contribution in [0.3, 0.4) is 0 Å². The van der Waals surface area contributed by atoms with E-state index in [1.54, 1.807) is 0 Å². The zero-order chi connectivity index (χ0) is 14.4. The number of rotatable bonds is 7. The maximum absolute atomic E-state index is 11.9. The summed E-state index contributed by atoms with van der Waals surface area (Å²) in [6, 6.07) is 7.73. The molecule has 0 fully saturated rings. The van der Waals surface area contributed by atoms with E-state index in [9.17, 15) is 9.59 Å². The summed E-state index contributed by atoms with van der Waals surface area (Å²) in [4.78, 5) is 23.0. The standard InChI is InChI=1S/C15H19IO3/c1-10(2)7-12(15(18)19)9-14(17)8-11-3-5-13(16)6-4-11/h3-6,10,12H,7-9H2,1-2H3,(H,18,19)/t12-/m1/s1. The summed E-state index contributed by atoms with van der Waals surface area (Å²) in [7, 11) is 0. The molecule has 0 aromatic heterocycles. The van der Waals surface area contributed by atoms with Crippen molar-refractivity contribution in [1.82, 2.24) is 0 Å². The fourth-order valence-electron chi connectivity index (χ4n) is 2.02. The number of Topliss-reactive ketones (excluding diaryl/α,β-unsaturated/α-hetero) is 1. The van der Waals surface area contributed by atoms with Gasteiger partial charge in [0.15, 0.2) is 0 Å². The van der Waals surface area contributed by atoms with Gasteiger partial charge in [0.05, 0.1) is 5.92 Å².